The molecule has 1 N–H and O–H groups in total. The summed E-state index contributed by atoms with van der Waals surface area (Å²) in [6.45, 7) is 10.1. The lowest BCUT2D eigenvalue weighted by Gasteiger charge is -2.35. The molecule has 0 atom stereocenters. The maximum absolute atomic E-state index is 12.9. The van der Waals surface area contributed by atoms with Gasteiger partial charge in [0.1, 0.15) is 11.9 Å². The molecule has 0 radical (unpaired) electrons. The molecule has 0 spiro atoms. The van der Waals surface area contributed by atoms with Crippen LogP contribution in [0.15, 0.2) is 48.5 Å². The Kier molecular flexibility index (Phi) is 8.58. The molecule has 2 amide bonds. The molecule has 194 valence electrons. The van der Waals surface area contributed by atoms with E-state index in [0.29, 0.717) is 29.4 Å². The van der Waals surface area contributed by atoms with Crippen LogP contribution in [0.2, 0.25) is 5.02 Å². The number of hydrogen-bond acceptors (Lipinski definition) is 4. The van der Waals surface area contributed by atoms with Gasteiger partial charge in [0.25, 0.3) is 5.91 Å². The highest BCUT2D eigenvalue weighted by molar-refractivity contribution is 6.32. The van der Waals surface area contributed by atoms with E-state index in [9.17, 15) is 9.59 Å². The SMILES string of the molecule is CC(C)(C)C(=O)N1CCC(Oc2ccc(C(=O)NC3CCN(Cc4ccccc4)CC3)cc2Cl)CC1. The lowest BCUT2D eigenvalue weighted by molar-refractivity contribution is -0.141. The number of nitrogens with one attached hydrogen (secondary N) is 1. The number of ether oxygens (including phenoxy) is 1. The number of carbonyl (C=O) groups is 2. The highest BCUT2D eigenvalue weighted by atomic mass is 35.5. The first-order chi connectivity index (χ1) is 17.2. The molecular formula is C29H38ClN3O3. The fourth-order valence-electron chi connectivity index (χ4n) is 4.91. The van der Waals surface area contributed by atoms with Gasteiger partial charge in [-0.15, -0.1) is 0 Å². The van der Waals surface area contributed by atoms with Crippen molar-refractivity contribution in [2.24, 2.45) is 5.41 Å². The second-order valence-corrected chi connectivity index (χ2v) is 11.4. The summed E-state index contributed by atoms with van der Waals surface area (Å²) in [6, 6.07) is 15.9. The van der Waals surface area contributed by atoms with Crippen molar-refractivity contribution >= 4 is 23.4 Å². The van der Waals surface area contributed by atoms with E-state index < -0.39 is 0 Å². The van der Waals surface area contributed by atoms with E-state index in [1.54, 1.807) is 18.2 Å². The number of rotatable bonds is 6. The molecule has 2 aromatic rings. The first kappa shape index (κ1) is 26.5. The Morgan fingerprint density at radius 3 is 2.25 bits per heavy atom. The molecule has 6 nitrogen and oxygen atoms in total. The Morgan fingerprint density at radius 1 is 0.972 bits per heavy atom. The van der Waals surface area contributed by atoms with Crippen LogP contribution in [0.5, 0.6) is 5.75 Å². The molecule has 2 aromatic carbocycles. The summed E-state index contributed by atoms with van der Waals surface area (Å²) in [7, 11) is 0. The van der Waals surface area contributed by atoms with E-state index in [1.165, 1.54) is 5.56 Å². The molecule has 4 rings (SSSR count). The summed E-state index contributed by atoms with van der Waals surface area (Å²) in [6.07, 6.45) is 3.41. The van der Waals surface area contributed by atoms with Crippen LogP contribution < -0.4 is 10.1 Å². The first-order valence-corrected chi connectivity index (χ1v) is 13.4. The van der Waals surface area contributed by atoms with Gasteiger partial charge in [0.2, 0.25) is 5.91 Å². The molecule has 2 aliphatic rings. The standard InChI is InChI=1S/C29H38ClN3O3/c1-29(2,3)28(35)33-17-13-24(14-18-33)36-26-10-9-22(19-25(26)30)27(34)31-23-11-15-32(16-12-23)20-21-7-5-4-6-8-21/h4-10,19,23-24H,11-18,20H2,1-3H3,(H,31,34). The summed E-state index contributed by atoms with van der Waals surface area (Å²) >= 11 is 6.49. The van der Waals surface area contributed by atoms with E-state index in [1.807, 2.05) is 31.7 Å². The minimum atomic E-state index is -0.368. The number of hydrogen-bond donors (Lipinski definition) is 1. The third-order valence-electron chi connectivity index (χ3n) is 7.03. The highest BCUT2D eigenvalue weighted by Gasteiger charge is 2.31. The van der Waals surface area contributed by atoms with Crippen molar-refractivity contribution in [1.29, 1.82) is 0 Å². The molecule has 7 heteroatoms. The fourth-order valence-corrected chi connectivity index (χ4v) is 5.14. The monoisotopic (exact) mass is 511 g/mol. The number of nitrogens with zero attached hydrogens (tertiary/aromatic N) is 2. The molecule has 0 saturated carbocycles. The van der Waals surface area contributed by atoms with Gasteiger partial charge in [0, 0.05) is 62.6 Å². The van der Waals surface area contributed by atoms with Crippen molar-refractivity contribution in [2.75, 3.05) is 26.2 Å². The minimum absolute atomic E-state index is 0.00673. The van der Waals surface area contributed by atoms with Gasteiger partial charge in [-0.3, -0.25) is 14.5 Å². The average molecular weight is 512 g/mol. The summed E-state index contributed by atoms with van der Waals surface area (Å²) in [4.78, 5) is 29.7. The molecule has 36 heavy (non-hydrogen) atoms. The molecule has 0 bridgehead atoms. The number of halogens is 1. The second-order valence-electron chi connectivity index (χ2n) is 11.0. The van der Waals surface area contributed by atoms with Crippen LogP contribution in [0.3, 0.4) is 0 Å². The van der Waals surface area contributed by atoms with Gasteiger partial charge in [-0.2, -0.15) is 0 Å². The Labute approximate surface area is 219 Å². The number of carbonyl (C=O) groups excluding carboxylic acids is 2. The molecular weight excluding hydrogens is 474 g/mol. The van der Waals surface area contributed by atoms with Crippen molar-refractivity contribution in [3.8, 4) is 5.75 Å². The van der Waals surface area contributed by atoms with Crippen molar-refractivity contribution in [2.45, 2.75) is 65.1 Å². The largest absolute Gasteiger partial charge is 0.489 e. The van der Waals surface area contributed by atoms with Gasteiger partial charge in [-0.1, -0.05) is 62.7 Å². The molecule has 2 fully saturated rings. The van der Waals surface area contributed by atoms with Crippen LogP contribution in [0, 0.1) is 5.41 Å². The second kappa shape index (κ2) is 11.7. The molecule has 0 unspecified atom stereocenters. The van der Waals surface area contributed by atoms with E-state index >= 15 is 0 Å². The zero-order chi connectivity index (χ0) is 25.7. The number of likely N-dealkylation sites (tertiary alicyclic amines) is 2. The lowest BCUT2D eigenvalue weighted by atomic mass is 9.93. The van der Waals surface area contributed by atoms with Gasteiger partial charge in [0.15, 0.2) is 0 Å². The predicted octanol–water partition coefficient (Wildman–Crippen LogP) is 5.15. The van der Waals surface area contributed by atoms with E-state index in [-0.39, 0.29) is 29.4 Å². The normalized spacial score (nSPS) is 18.2. The maximum atomic E-state index is 12.9. The molecule has 2 heterocycles. The summed E-state index contributed by atoms with van der Waals surface area (Å²) in [5.74, 6) is 0.665. The molecule has 2 saturated heterocycles. The zero-order valence-corrected chi connectivity index (χ0v) is 22.4. The third-order valence-corrected chi connectivity index (χ3v) is 7.33. The predicted molar refractivity (Wildman–Crippen MR) is 143 cm³/mol. The summed E-state index contributed by atoms with van der Waals surface area (Å²) in [5, 5.41) is 3.61. The van der Waals surface area contributed by atoms with Crippen LogP contribution in [0.1, 0.15) is 62.4 Å². The van der Waals surface area contributed by atoms with Gasteiger partial charge in [0.05, 0.1) is 5.02 Å². The third kappa shape index (κ3) is 7.01. The van der Waals surface area contributed by atoms with Crippen molar-refractivity contribution in [3.63, 3.8) is 0 Å². The molecule has 0 aliphatic carbocycles. The molecule has 0 aromatic heterocycles. The smallest absolute Gasteiger partial charge is 0.251 e. The average Bonchev–Trinajstić information content (AvgIpc) is 2.86. The number of amides is 2. The fraction of sp³-hybridized carbons (Fsp3) is 0.517. The van der Waals surface area contributed by atoms with Crippen LogP contribution >= 0.6 is 11.6 Å². The Balaban J connectivity index is 1.23. The van der Waals surface area contributed by atoms with Crippen LogP contribution in [-0.2, 0) is 11.3 Å². The van der Waals surface area contributed by atoms with Crippen molar-refractivity contribution < 1.29 is 14.3 Å². The first-order valence-electron chi connectivity index (χ1n) is 13.0. The van der Waals surface area contributed by atoms with Crippen molar-refractivity contribution in [1.82, 2.24) is 15.1 Å². The van der Waals surface area contributed by atoms with E-state index in [2.05, 4.69) is 34.5 Å². The maximum Gasteiger partial charge on any atom is 0.251 e. The Bertz CT molecular complexity index is 1040. The zero-order valence-electron chi connectivity index (χ0n) is 21.6. The number of benzene rings is 2. The quantitative estimate of drug-likeness (QED) is 0.582. The van der Waals surface area contributed by atoms with Gasteiger partial charge < -0.3 is 15.0 Å². The minimum Gasteiger partial charge on any atom is -0.489 e. The number of piperidine rings is 2. The molecule has 2 aliphatic heterocycles. The Hall–Kier alpha value is -2.57. The van der Waals surface area contributed by atoms with Gasteiger partial charge in [-0.05, 0) is 36.6 Å². The Morgan fingerprint density at radius 2 is 1.64 bits per heavy atom. The van der Waals surface area contributed by atoms with Crippen LogP contribution in [-0.4, -0.2) is 59.9 Å². The van der Waals surface area contributed by atoms with Gasteiger partial charge >= 0.3 is 0 Å². The van der Waals surface area contributed by atoms with Crippen LogP contribution in [0.25, 0.3) is 0 Å². The van der Waals surface area contributed by atoms with Crippen molar-refractivity contribution in [3.05, 3.63) is 64.7 Å². The summed E-state index contributed by atoms with van der Waals surface area (Å²) in [5.41, 5.74) is 1.50. The lowest BCUT2D eigenvalue weighted by Crippen LogP contribution is -2.46. The van der Waals surface area contributed by atoms with E-state index in [4.69, 9.17) is 16.3 Å². The van der Waals surface area contributed by atoms with Crippen LogP contribution in [0.4, 0.5) is 0 Å². The van der Waals surface area contributed by atoms with Gasteiger partial charge in [-0.25, -0.2) is 0 Å². The summed E-state index contributed by atoms with van der Waals surface area (Å²) < 4.78 is 6.14. The van der Waals surface area contributed by atoms with E-state index in [0.717, 1.165) is 45.3 Å². The topological polar surface area (TPSA) is 61.9 Å². The highest BCUT2D eigenvalue weighted by Crippen LogP contribution is 2.29.